The third-order valence-electron chi connectivity index (χ3n) is 4.17. The lowest BCUT2D eigenvalue weighted by atomic mass is 9.96. The van der Waals surface area contributed by atoms with Crippen LogP contribution < -0.4 is 5.73 Å². The minimum atomic E-state index is 0. The van der Waals surface area contributed by atoms with Gasteiger partial charge in [0.1, 0.15) is 0 Å². The van der Waals surface area contributed by atoms with Crippen LogP contribution in [0.2, 0.25) is 0 Å². The molecular formula is C15H21BrIN3S. The summed E-state index contributed by atoms with van der Waals surface area (Å²) in [6, 6.07) is 8.61. The fourth-order valence-electron chi connectivity index (χ4n) is 2.63. The lowest BCUT2D eigenvalue weighted by molar-refractivity contribution is 0.454. The van der Waals surface area contributed by atoms with Crippen molar-refractivity contribution in [1.82, 2.24) is 4.90 Å². The highest BCUT2D eigenvalue weighted by molar-refractivity contribution is 14.0. The van der Waals surface area contributed by atoms with Crippen molar-refractivity contribution >= 4 is 57.6 Å². The van der Waals surface area contributed by atoms with Gasteiger partial charge in [0, 0.05) is 34.5 Å². The Hall–Kier alpha value is 0.0500. The third kappa shape index (κ3) is 4.28. The highest BCUT2D eigenvalue weighted by Crippen LogP contribution is 2.48. The smallest absolute Gasteiger partial charge is 0.191 e. The molecule has 0 atom stereocenters. The van der Waals surface area contributed by atoms with Crippen molar-refractivity contribution in [3.63, 3.8) is 0 Å². The number of nitrogens with zero attached hydrogens (tertiary/aromatic N) is 2. The van der Waals surface area contributed by atoms with Gasteiger partial charge in [-0.3, -0.25) is 4.99 Å². The topological polar surface area (TPSA) is 41.6 Å². The molecule has 1 saturated heterocycles. The van der Waals surface area contributed by atoms with Crippen molar-refractivity contribution in [2.24, 2.45) is 10.7 Å². The molecule has 2 fully saturated rings. The highest BCUT2D eigenvalue weighted by atomic mass is 127. The molecule has 0 aromatic heterocycles. The Bertz CT molecular complexity index is 513. The molecule has 0 amide bonds. The predicted molar refractivity (Wildman–Crippen MR) is 106 cm³/mol. The Morgan fingerprint density at radius 1 is 1.33 bits per heavy atom. The Balaban J connectivity index is 0.00000161. The van der Waals surface area contributed by atoms with Crippen molar-refractivity contribution in [3.05, 3.63) is 34.3 Å². The average Bonchev–Trinajstić information content (AvgIpc) is 3.27. The van der Waals surface area contributed by atoms with E-state index in [1.807, 2.05) is 11.8 Å². The van der Waals surface area contributed by atoms with E-state index in [0.717, 1.165) is 41.6 Å². The van der Waals surface area contributed by atoms with Crippen LogP contribution in [0.3, 0.4) is 0 Å². The van der Waals surface area contributed by atoms with E-state index in [1.165, 1.54) is 18.4 Å². The van der Waals surface area contributed by atoms with Crippen LogP contribution >= 0.6 is 51.7 Å². The van der Waals surface area contributed by atoms with Crippen LogP contribution in [0.25, 0.3) is 0 Å². The molecule has 3 nitrogen and oxygen atoms in total. The van der Waals surface area contributed by atoms with Gasteiger partial charge in [0.15, 0.2) is 5.96 Å². The van der Waals surface area contributed by atoms with Crippen LogP contribution in [0.4, 0.5) is 0 Å². The number of thioether (sulfide) groups is 1. The second-order valence-corrected chi connectivity index (χ2v) is 7.70. The summed E-state index contributed by atoms with van der Waals surface area (Å²) in [5.74, 6) is 3.05. The average molecular weight is 482 g/mol. The van der Waals surface area contributed by atoms with E-state index in [1.54, 1.807) is 0 Å². The Labute approximate surface area is 156 Å². The van der Waals surface area contributed by atoms with E-state index < -0.39 is 0 Å². The van der Waals surface area contributed by atoms with E-state index in [2.05, 4.69) is 50.1 Å². The molecule has 1 saturated carbocycles. The molecule has 0 unspecified atom stereocenters. The second-order valence-electron chi connectivity index (χ2n) is 5.56. The van der Waals surface area contributed by atoms with Crippen molar-refractivity contribution in [3.8, 4) is 0 Å². The molecule has 3 rings (SSSR count). The molecular weight excluding hydrogens is 461 g/mol. The van der Waals surface area contributed by atoms with Crippen molar-refractivity contribution in [2.45, 2.75) is 18.3 Å². The van der Waals surface area contributed by atoms with Gasteiger partial charge in [-0.1, -0.05) is 28.1 Å². The van der Waals surface area contributed by atoms with Gasteiger partial charge in [-0.25, -0.2) is 0 Å². The number of benzene rings is 1. The van der Waals surface area contributed by atoms with Gasteiger partial charge in [0.2, 0.25) is 0 Å². The van der Waals surface area contributed by atoms with Crippen LogP contribution in [0.15, 0.2) is 33.7 Å². The highest BCUT2D eigenvalue weighted by Gasteiger charge is 2.44. The molecule has 0 radical (unpaired) electrons. The molecule has 2 N–H and O–H groups in total. The maximum Gasteiger partial charge on any atom is 0.191 e. The number of rotatable bonds is 3. The number of guanidine groups is 1. The van der Waals surface area contributed by atoms with Crippen LogP contribution in [-0.2, 0) is 5.41 Å². The first-order valence-corrected chi connectivity index (χ1v) is 9.03. The summed E-state index contributed by atoms with van der Waals surface area (Å²) in [6.45, 7) is 2.88. The van der Waals surface area contributed by atoms with Crippen molar-refractivity contribution in [2.75, 3.05) is 31.1 Å². The molecule has 6 heteroatoms. The quantitative estimate of drug-likeness (QED) is 0.408. The molecule has 0 bridgehead atoms. The zero-order valence-electron chi connectivity index (χ0n) is 11.9. The number of halogens is 2. The summed E-state index contributed by atoms with van der Waals surface area (Å²) in [7, 11) is 0. The summed E-state index contributed by atoms with van der Waals surface area (Å²) < 4.78 is 1.14. The lowest BCUT2D eigenvalue weighted by Gasteiger charge is -2.27. The first kappa shape index (κ1) is 17.4. The first-order valence-electron chi connectivity index (χ1n) is 7.08. The minimum absolute atomic E-state index is 0. The van der Waals surface area contributed by atoms with Gasteiger partial charge in [0.05, 0.1) is 6.54 Å². The maximum absolute atomic E-state index is 6.15. The summed E-state index contributed by atoms with van der Waals surface area (Å²) in [6.07, 6.45) is 2.44. The van der Waals surface area contributed by atoms with Crippen LogP contribution in [0.1, 0.15) is 18.4 Å². The van der Waals surface area contributed by atoms with E-state index in [-0.39, 0.29) is 29.4 Å². The standard InChI is InChI=1S/C15H20BrN3S.HI/c16-13-3-1-2-12(10-13)15(4-5-15)11-18-14(17)19-6-8-20-9-7-19;/h1-3,10H,4-9,11H2,(H2,17,18);1H. The summed E-state index contributed by atoms with van der Waals surface area (Å²) >= 11 is 5.55. The van der Waals surface area contributed by atoms with E-state index >= 15 is 0 Å². The predicted octanol–water partition coefficient (Wildman–Crippen LogP) is 3.46. The Kier molecular flexibility index (Phi) is 6.25. The monoisotopic (exact) mass is 481 g/mol. The molecule has 2 aliphatic rings. The maximum atomic E-state index is 6.15. The third-order valence-corrected chi connectivity index (χ3v) is 5.61. The second kappa shape index (κ2) is 7.55. The van der Waals surface area contributed by atoms with E-state index in [4.69, 9.17) is 5.73 Å². The number of aliphatic imine (C=N–C) groups is 1. The van der Waals surface area contributed by atoms with Crippen LogP contribution in [0, 0.1) is 0 Å². The van der Waals surface area contributed by atoms with Gasteiger partial charge in [-0.2, -0.15) is 11.8 Å². The fraction of sp³-hybridized carbons (Fsp3) is 0.533. The van der Waals surface area contributed by atoms with Crippen LogP contribution in [-0.4, -0.2) is 42.0 Å². The zero-order chi connectivity index (χ0) is 14.0. The van der Waals surface area contributed by atoms with Gasteiger partial charge in [-0.05, 0) is 30.5 Å². The van der Waals surface area contributed by atoms with E-state index in [9.17, 15) is 0 Å². The Morgan fingerprint density at radius 3 is 2.67 bits per heavy atom. The van der Waals surface area contributed by atoms with Crippen LogP contribution in [0.5, 0.6) is 0 Å². The molecule has 1 aromatic carbocycles. The minimum Gasteiger partial charge on any atom is -0.370 e. The van der Waals surface area contributed by atoms with Crippen molar-refractivity contribution < 1.29 is 0 Å². The van der Waals surface area contributed by atoms with Gasteiger partial charge >= 0.3 is 0 Å². The Morgan fingerprint density at radius 2 is 2.05 bits per heavy atom. The van der Waals surface area contributed by atoms with Gasteiger partial charge in [0.25, 0.3) is 0 Å². The normalized spacial score (nSPS) is 20.8. The summed E-state index contributed by atoms with van der Waals surface area (Å²) in [5, 5.41) is 0. The van der Waals surface area contributed by atoms with Gasteiger partial charge in [-0.15, -0.1) is 24.0 Å². The summed E-state index contributed by atoms with van der Waals surface area (Å²) in [4.78, 5) is 6.90. The molecule has 21 heavy (non-hydrogen) atoms. The molecule has 116 valence electrons. The first-order chi connectivity index (χ1) is 9.70. The molecule has 0 spiro atoms. The number of hydrogen-bond acceptors (Lipinski definition) is 2. The molecule has 1 aromatic rings. The van der Waals surface area contributed by atoms with Crippen molar-refractivity contribution in [1.29, 1.82) is 0 Å². The molecule has 1 aliphatic carbocycles. The number of hydrogen-bond donors (Lipinski definition) is 1. The van der Waals surface area contributed by atoms with Gasteiger partial charge < -0.3 is 10.6 Å². The largest absolute Gasteiger partial charge is 0.370 e. The molecule has 1 heterocycles. The zero-order valence-corrected chi connectivity index (χ0v) is 16.7. The fourth-order valence-corrected chi connectivity index (χ4v) is 3.93. The van der Waals surface area contributed by atoms with E-state index in [0.29, 0.717) is 0 Å². The molecule has 1 aliphatic heterocycles. The number of nitrogens with two attached hydrogens (primary N) is 1. The summed E-state index contributed by atoms with van der Waals surface area (Å²) in [5.41, 5.74) is 7.77. The SMILES string of the molecule is I.NC(=NCC1(c2cccc(Br)c2)CC1)N1CCSCC1. The lowest BCUT2D eigenvalue weighted by Crippen LogP contribution is -2.43.